The standard InChI is InChI=1S/C12H22N2O4/c1-8(2)6-9(3)13-11(17)14-12(10(15)16)4-5-18-7-12/h8-9H,4-7H2,1-3H3,(H,15,16)(H2,13,14,17). The molecule has 104 valence electrons. The van der Waals surface area contributed by atoms with Gasteiger partial charge in [-0.25, -0.2) is 9.59 Å². The number of carboxylic acid groups (broad SMARTS) is 1. The predicted octanol–water partition coefficient (Wildman–Crippen LogP) is 0.964. The van der Waals surface area contributed by atoms with Gasteiger partial charge in [0.25, 0.3) is 0 Å². The number of hydrogen-bond acceptors (Lipinski definition) is 3. The molecule has 3 N–H and O–H groups in total. The quantitative estimate of drug-likeness (QED) is 0.685. The van der Waals surface area contributed by atoms with E-state index in [2.05, 4.69) is 24.5 Å². The lowest BCUT2D eigenvalue weighted by Crippen LogP contribution is -2.58. The summed E-state index contributed by atoms with van der Waals surface area (Å²) in [4.78, 5) is 23.0. The zero-order valence-electron chi connectivity index (χ0n) is 11.2. The number of nitrogens with one attached hydrogen (secondary N) is 2. The van der Waals surface area contributed by atoms with E-state index in [1.54, 1.807) is 0 Å². The molecule has 0 aliphatic carbocycles. The van der Waals surface area contributed by atoms with Gasteiger partial charge < -0.3 is 20.5 Å². The summed E-state index contributed by atoms with van der Waals surface area (Å²) < 4.78 is 5.07. The second kappa shape index (κ2) is 6.04. The maximum Gasteiger partial charge on any atom is 0.332 e. The van der Waals surface area contributed by atoms with Crippen LogP contribution in [0.4, 0.5) is 4.79 Å². The molecule has 0 spiro atoms. The second-order valence-electron chi connectivity index (χ2n) is 5.32. The van der Waals surface area contributed by atoms with E-state index >= 15 is 0 Å². The highest BCUT2D eigenvalue weighted by Crippen LogP contribution is 2.18. The fourth-order valence-corrected chi connectivity index (χ4v) is 2.13. The van der Waals surface area contributed by atoms with Crippen molar-refractivity contribution in [2.24, 2.45) is 5.92 Å². The van der Waals surface area contributed by atoms with Gasteiger partial charge >= 0.3 is 12.0 Å². The Labute approximate surface area is 107 Å². The number of carbonyl (C=O) groups excluding carboxylic acids is 1. The molecule has 1 aliphatic rings. The third-order valence-corrected chi connectivity index (χ3v) is 2.99. The van der Waals surface area contributed by atoms with E-state index < -0.39 is 17.5 Å². The molecular formula is C12H22N2O4. The normalized spacial score (nSPS) is 24.9. The van der Waals surface area contributed by atoms with Gasteiger partial charge in [-0.2, -0.15) is 0 Å². The molecule has 1 heterocycles. The molecule has 1 rings (SSSR count). The molecule has 0 aromatic rings. The molecule has 6 nitrogen and oxygen atoms in total. The molecule has 0 bridgehead atoms. The average molecular weight is 258 g/mol. The molecule has 1 saturated heterocycles. The summed E-state index contributed by atoms with van der Waals surface area (Å²) in [5.74, 6) is -0.574. The molecule has 0 radical (unpaired) electrons. The van der Waals surface area contributed by atoms with Gasteiger partial charge in [0.2, 0.25) is 0 Å². The van der Waals surface area contributed by atoms with Gasteiger partial charge in [-0.1, -0.05) is 13.8 Å². The van der Waals surface area contributed by atoms with Crippen molar-refractivity contribution in [1.82, 2.24) is 10.6 Å². The van der Waals surface area contributed by atoms with E-state index in [9.17, 15) is 9.59 Å². The number of aliphatic carboxylic acids is 1. The Bertz CT molecular complexity index is 311. The Morgan fingerprint density at radius 3 is 2.50 bits per heavy atom. The first-order chi connectivity index (χ1) is 8.35. The zero-order valence-corrected chi connectivity index (χ0v) is 11.2. The van der Waals surface area contributed by atoms with Crippen molar-refractivity contribution in [2.45, 2.75) is 45.2 Å². The summed E-state index contributed by atoms with van der Waals surface area (Å²) in [6, 6.07) is -0.436. The van der Waals surface area contributed by atoms with Crippen molar-refractivity contribution < 1.29 is 19.4 Å². The fraction of sp³-hybridized carbons (Fsp3) is 0.833. The van der Waals surface area contributed by atoms with Gasteiger partial charge in [0.05, 0.1) is 6.61 Å². The van der Waals surface area contributed by atoms with Crippen LogP contribution in [0.15, 0.2) is 0 Å². The van der Waals surface area contributed by atoms with Gasteiger partial charge in [0.1, 0.15) is 0 Å². The molecule has 0 aromatic carbocycles. The third kappa shape index (κ3) is 3.87. The topological polar surface area (TPSA) is 87.7 Å². The van der Waals surface area contributed by atoms with Crippen LogP contribution in [-0.2, 0) is 9.53 Å². The van der Waals surface area contributed by atoms with Crippen LogP contribution in [-0.4, -0.2) is 41.9 Å². The molecule has 2 amide bonds. The van der Waals surface area contributed by atoms with Crippen LogP contribution in [0.3, 0.4) is 0 Å². The highest BCUT2D eigenvalue weighted by Gasteiger charge is 2.44. The molecule has 0 aromatic heterocycles. The highest BCUT2D eigenvalue weighted by atomic mass is 16.5. The lowest BCUT2D eigenvalue weighted by Gasteiger charge is -2.25. The highest BCUT2D eigenvalue weighted by molar-refractivity contribution is 5.86. The number of urea groups is 1. The largest absolute Gasteiger partial charge is 0.479 e. The summed E-state index contributed by atoms with van der Waals surface area (Å²) in [5, 5.41) is 14.4. The van der Waals surface area contributed by atoms with E-state index in [0.717, 1.165) is 6.42 Å². The van der Waals surface area contributed by atoms with Crippen LogP contribution in [0.2, 0.25) is 0 Å². The summed E-state index contributed by atoms with van der Waals surface area (Å²) in [7, 11) is 0. The molecule has 18 heavy (non-hydrogen) atoms. The van der Waals surface area contributed by atoms with Gasteiger partial charge in [0.15, 0.2) is 5.54 Å². The van der Waals surface area contributed by atoms with Crippen LogP contribution in [0.5, 0.6) is 0 Å². The summed E-state index contributed by atoms with van der Waals surface area (Å²) >= 11 is 0. The van der Waals surface area contributed by atoms with E-state index in [4.69, 9.17) is 9.84 Å². The van der Waals surface area contributed by atoms with Crippen molar-refractivity contribution >= 4 is 12.0 Å². The first-order valence-electron chi connectivity index (χ1n) is 6.25. The SMILES string of the molecule is CC(C)CC(C)NC(=O)NC1(C(=O)O)CCOC1. The maximum atomic E-state index is 11.8. The lowest BCUT2D eigenvalue weighted by molar-refractivity contribution is -0.144. The van der Waals surface area contributed by atoms with Crippen LogP contribution in [0.1, 0.15) is 33.6 Å². The lowest BCUT2D eigenvalue weighted by atomic mass is 9.99. The van der Waals surface area contributed by atoms with Crippen LogP contribution < -0.4 is 10.6 Å². The number of ether oxygens (including phenoxy) is 1. The Kier molecular flexibility index (Phi) is 4.95. The summed E-state index contributed by atoms with van der Waals surface area (Å²) in [6.07, 6.45) is 1.15. The van der Waals surface area contributed by atoms with E-state index in [-0.39, 0.29) is 12.6 Å². The van der Waals surface area contributed by atoms with E-state index in [1.807, 2.05) is 6.92 Å². The minimum absolute atomic E-state index is 0.0122. The number of amides is 2. The first-order valence-corrected chi connectivity index (χ1v) is 6.25. The molecule has 2 unspecified atom stereocenters. The second-order valence-corrected chi connectivity index (χ2v) is 5.32. The van der Waals surface area contributed by atoms with E-state index in [1.165, 1.54) is 0 Å². The van der Waals surface area contributed by atoms with Crippen LogP contribution in [0.25, 0.3) is 0 Å². The Morgan fingerprint density at radius 1 is 1.39 bits per heavy atom. The van der Waals surface area contributed by atoms with Crippen molar-refractivity contribution in [3.05, 3.63) is 0 Å². The molecular weight excluding hydrogens is 236 g/mol. The third-order valence-electron chi connectivity index (χ3n) is 2.99. The molecule has 6 heteroatoms. The minimum atomic E-state index is -1.28. The van der Waals surface area contributed by atoms with E-state index in [0.29, 0.717) is 18.9 Å². The van der Waals surface area contributed by atoms with Crippen LogP contribution in [0, 0.1) is 5.92 Å². The number of rotatable bonds is 5. The van der Waals surface area contributed by atoms with Gasteiger partial charge in [0, 0.05) is 19.1 Å². The van der Waals surface area contributed by atoms with Crippen molar-refractivity contribution in [2.75, 3.05) is 13.2 Å². The Hall–Kier alpha value is -1.30. The fourth-order valence-electron chi connectivity index (χ4n) is 2.13. The number of carboxylic acids is 1. The van der Waals surface area contributed by atoms with Crippen LogP contribution >= 0.6 is 0 Å². The smallest absolute Gasteiger partial charge is 0.332 e. The maximum absolute atomic E-state index is 11.8. The molecule has 1 fully saturated rings. The minimum Gasteiger partial charge on any atom is -0.479 e. The molecule has 0 saturated carbocycles. The first kappa shape index (κ1) is 14.8. The van der Waals surface area contributed by atoms with Crippen molar-refractivity contribution in [3.63, 3.8) is 0 Å². The van der Waals surface area contributed by atoms with Gasteiger partial charge in [-0.3, -0.25) is 0 Å². The average Bonchev–Trinajstić information content (AvgIpc) is 2.65. The molecule has 2 atom stereocenters. The van der Waals surface area contributed by atoms with Gasteiger partial charge in [-0.15, -0.1) is 0 Å². The number of carbonyl (C=O) groups is 2. The molecule has 1 aliphatic heterocycles. The predicted molar refractivity (Wildman–Crippen MR) is 66.4 cm³/mol. The zero-order chi connectivity index (χ0) is 13.8. The number of hydrogen-bond donors (Lipinski definition) is 3. The summed E-state index contributed by atoms with van der Waals surface area (Å²) in [6.45, 7) is 6.42. The Morgan fingerprint density at radius 2 is 2.06 bits per heavy atom. The Balaban J connectivity index is 2.50. The van der Waals surface area contributed by atoms with Crippen molar-refractivity contribution in [3.8, 4) is 0 Å². The van der Waals surface area contributed by atoms with Gasteiger partial charge in [-0.05, 0) is 19.3 Å². The van der Waals surface area contributed by atoms with Crippen molar-refractivity contribution in [1.29, 1.82) is 0 Å². The monoisotopic (exact) mass is 258 g/mol. The summed E-state index contributed by atoms with van der Waals surface area (Å²) in [5.41, 5.74) is -1.28.